The lowest BCUT2D eigenvalue weighted by atomic mass is 10.2. The summed E-state index contributed by atoms with van der Waals surface area (Å²) in [6.45, 7) is 1.88. The molecular formula is C12H13ClN4O. The Balaban J connectivity index is 2.03. The third-order valence-corrected chi connectivity index (χ3v) is 2.80. The number of halogens is 1. The van der Waals surface area contributed by atoms with Gasteiger partial charge in [0.25, 0.3) is 0 Å². The van der Waals surface area contributed by atoms with Gasteiger partial charge in [-0.25, -0.2) is 0 Å². The van der Waals surface area contributed by atoms with Gasteiger partial charge in [-0.2, -0.15) is 5.10 Å². The fourth-order valence-corrected chi connectivity index (χ4v) is 1.67. The number of rotatable bonds is 3. The maximum atomic E-state index is 11.8. The molecule has 2 rings (SSSR count). The van der Waals surface area contributed by atoms with Crippen LogP contribution in [0.5, 0.6) is 0 Å². The van der Waals surface area contributed by atoms with E-state index in [1.54, 1.807) is 31.3 Å². The Kier molecular flexibility index (Phi) is 3.53. The van der Waals surface area contributed by atoms with Crippen molar-refractivity contribution in [2.45, 2.75) is 13.5 Å². The summed E-state index contributed by atoms with van der Waals surface area (Å²) in [7, 11) is 0. The molecule has 1 aromatic carbocycles. The number of nitrogen functional groups attached to an aromatic ring is 1. The fraction of sp³-hybridized carbons (Fsp3) is 0.167. The molecule has 0 aliphatic carbocycles. The van der Waals surface area contributed by atoms with E-state index in [1.807, 2.05) is 6.07 Å². The second-order valence-corrected chi connectivity index (χ2v) is 4.30. The zero-order chi connectivity index (χ0) is 13.1. The van der Waals surface area contributed by atoms with Gasteiger partial charge in [0.1, 0.15) is 6.54 Å². The zero-order valence-corrected chi connectivity index (χ0v) is 10.6. The summed E-state index contributed by atoms with van der Waals surface area (Å²) in [4.78, 5) is 11.8. The van der Waals surface area contributed by atoms with Crippen LogP contribution < -0.4 is 11.1 Å². The van der Waals surface area contributed by atoms with Crippen LogP contribution in [0.1, 0.15) is 5.69 Å². The van der Waals surface area contributed by atoms with Gasteiger partial charge in [0.05, 0.1) is 22.1 Å². The molecule has 3 N–H and O–H groups in total. The Morgan fingerprint density at radius 3 is 2.83 bits per heavy atom. The number of nitrogens with zero attached hydrogens (tertiary/aromatic N) is 2. The molecule has 0 aliphatic rings. The van der Waals surface area contributed by atoms with Gasteiger partial charge in [-0.1, -0.05) is 23.7 Å². The molecule has 0 atom stereocenters. The van der Waals surface area contributed by atoms with Crippen molar-refractivity contribution in [2.75, 3.05) is 11.1 Å². The van der Waals surface area contributed by atoms with Crippen molar-refractivity contribution in [2.24, 2.45) is 0 Å². The monoisotopic (exact) mass is 264 g/mol. The van der Waals surface area contributed by atoms with Crippen molar-refractivity contribution in [3.05, 3.63) is 41.2 Å². The van der Waals surface area contributed by atoms with E-state index >= 15 is 0 Å². The Hall–Kier alpha value is -2.01. The summed E-state index contributed by atoms with van der Waals surface area (Å²) in [6.07, 6.45) is 1.62. The maximum absolute atomic E-state index is 11.8. The first-order valence-electron chi connectivity index (χ1n) is 5.40. The highest BCUT2D eigenvalue weighted by Gasteiger charge is 2.08. The average Bonchev–Trinajstić information content (AvgIpc) is 2.61. The van der Waals surface area contributed by atoms with Crippen LogP contribution in [0.15, 0.2) is 30.5 Å². The molecule has 0 radical (unpaired) electrons. The van der Waals surface area contributed by atoms with Crippen LogP contribution in [0.25, 0.3) is 0 Å². The molecule has 0 fully saturated rings. The van der Waals surface area contributed by atoms with Gasteiger partial charge < -0.3 is 11.1 Å². The second kappa shape index (κ2) is 5.10. The number of hydrogen-bond donors (Lipinski definition) is 2. The molecule has 18 heavy (non-hydrogen) atoms. The van der Waals surface area contributed by atoms with E-state index in [1.165, 1.54) is 4.68 Å². The topological polar surface area (TPSA) is 72.9 Å². The maximum Gasteiger partial charge on any atom is 0.246 e. The van der Waals surface area contributed by atoms with Crippen molar-refractivity contribution in [3.63, 3.8) is 0 Å². The standard InChI is InChI=1S/C12H13ClN4O/c1-8-9(13)6-17(16-8)7-12(18)15-11-5-3-2-4-10(11)14/h2-6H,7,14H2,1H3,(H,15,18). The van der Waals surface area contributed by atoms with Crippen LogP contribution in [0, 0.1) is 6.92 Å². The number of carbonyl (C=O) groups excluding carboxylic acids is 1. The molecule has 0 bridgehead atoms. The molecule has 0 aliphatic heterocycles. The van der Waals surface area contributed by atoms with Crippen molar-refractivity contribution in [1.29, 1.82) is 0 Å². The average molecular weight is 265 g/mol. The molecule has 0 saturated heterocycles. The Morgan fingerprint density at radius 1 is 1.50 bits per heavy atom. The van der Waals surface area contributed by atoms with E-state index in [4.69, 9.17) is 17.3 Å². The molecule has 6 heteroatoms. The lowest BCUT2D eigenvalue weighted by Gasteiger charge is -2.07. The number of aryl methyl sites for hydroxylation is 1. The SMILES string of the molecule is Cc1nn(CC(=O)Nc2ccccc2N)cc1Cl. The van der Waals surface area contributed by atoms with Crippen LogP contribution in [-0.4, -0.2) is 15.7 Å². The zero-order valence-electron chi connectivity index (χ0n) is 9.85. The highest BCUT2D eigenvalue weighted by atomic mass is 35.5. The fourth-order valence-electron chi connectivity index (χ4n) is 1.52. The predicted octanol–water partition coefficient (Wildman–Crippen LogP) is 2.07. The largest absolute Gasteiger partial charge is 0.397 e. The summed E-state index contributed by atoms with van der Waals surface area (Å²) in [6, 6.07) is 7.08. The third-order valence-electron chi connectivity index (χ3n) is 2.43. The molecule has 0 spiro atoms. The highest BCUT2D eigenvalue weighted by molar-refractivity contribution is 6.31. The van der Waals surface area contributed by atoms with Crippen LogP contribution in [-0.2, 0) is 11.3 Å². The molecule has 0 unspecified atom stereocenters. The summed E-state index contributed by atoms with van der Waals surface area (Å²) in [5.74, 6) is -0.202. The molecule has 0 saturated carbocycles. The van der Waals surface area contributed by atoms with Gasteiger partial charge >= 0.3 is 0 Å². The first kappa shape index (κ1) is 12.4. The normalized spacial score (nSPS) is 10.3. The minimum absolute atomic E-state index is 0.0991. The van der Waals surface area contributed by atoms with Crippen molar-refractivity contribution >= 4 is 28.9 Å². The summed E-state index contributed by atoms with van der Waals surface area (Å²) >= 11 is 5.86. The van der Waals surface area contributed by atoms with Gasteiger partial charge in [0, 0.05) is 6.20 Å². The number of nitrogens with one attached hydrogen (secondary N) is 1. The number of carbonyl (C=O) groups is 1. The molecule has 2 aromatic rings. The van der Waals surface area contributed by atoms with Crippen LogP contribution in [0.2, 0.25) is 5.02 Å². The van der Waals surface area contributed by atoms with Crippen LogP contribution in [0.4, 0.5) is 11.4 Å². The Labute approximate surface area is 110 Å². The lowest BCUT2D eigenvalue weighted by molar-refractivity contribution is -0.116. The van der Waals surface area contributed by atoms with Crippen LogP contribution in [0.3, 0.4) is 0 Å². The summed E-state index contributed by atoms with van der Waals surface area (Å²) in [5.41, 5.74) is 7.55. The van der Waals surface area contributed by atoms with E-state index in [0.29, 0.717) is 22.1 Å². The van der Waals surface area contributed by atoms with Gasteiger partial charge in [-0.15, -0.1) is 0 Å². The van der Waals surface area contributed by atoms with E-state index in [9.17, 15) is 4.79 Å². The Morgan fingerprint density at radius 2 is 2.22 bits per heavy atom. The minimum atomic E-state index is -0.202. The minimum Gasteiger partial charge on any atom is -0.397 e. The predicted molar refractivity (Wildman–Crippen MR) is 71.5 cm³/mol. The Bertz CT molecular complexity index is 560. The molecule has 1 heterocycles. The summed E-state index contributed by atoms with van der Waals surface area (Å²) in [5, 5.41) is 7.37. The van der Waals surface area contributed by atoms with Crippen molar-refractivity contribution in [3.8, 4) is 0 Å². The molecule has 5 nitrogen and oxygen atoms in total. The number of hydrogen-bond acceptors (Lipinski definition) is 3. The van der Waals surface area contributed by atoms with Gasteiger partial charge in [0.2, 0.25) is 5.91 Å². The van der Waals surface area contributed by atoms with E-state index in [0.717, 1.165) is 0 Å². The van der Waals surface area contributed by atoms with Gasteiger partial charge in [-0.05, 0) is 19.1 Å². The number of anilines is 2. The van der Waals surface area contributed by atoms with Gasteiger partial charge in [0.15, 0.2) is 0 Å². The second-order valence-electron chi connectivity index (χ2n) is 3.90. The third kappa shape index (κ3) is 2.81. The molecule has 1 amide bonds. The molecular weight excluding hydrogens is 252 g/mol. The number of amides is 1. The highest BCUT2D eigenvalue weighted by Crippen LogP contribution is 2.17. The number of para-hydroxylation sites is 2. The number of aromatic nitrogens is 2. The molecule has 94 valence electrons. The van der Waals surface area contributed by atoms with E-state index < -0.39 is 0 Å². The summed E-state index contributed by atoms with van der Waals surface area (Å²) < 4.78 is 1.49. The first-order valence-corrected chi connectivity index (χ1v) is 5.78. The van der Waals surface area contributed by atoms with Crippen molar-refractivity contribution in [1.82, 2.24) is 9.78 Å². The first-order chi connectivity index (χ1) is 8.56. The van der Waals surface area contributed by atoms with E-state index in [2.05, 4.69) is 10.4 Å². The smallest absolute Gasteiger partial charge is 0.246 e. The van der Waals surface area contributed by atoms with Crippen LogP contribution >= 0.6 is 11.6 Å². The number of nitrogens with two attached hydrogens (primary N) is 1. The van der Waals surface area contributed by atoms with Gasteiger partial charge in [-0.3, -0.25) is 9.48 Å². The number of benzene rings is 1. The lowest BCUT2D eigenvalue weighted by Crippen LogP contribution is -2.19. The van der Waals surface area contributed by atoms with Crippen molar-refractivity contribution < 1.29 is 4.79 Å². The van der Waals surface area contributed by atoms with E-state index in [-0.39, 0.29) is 12.5 Å². The quantitative estimate of drug-likeness (QED) is 0.834. The molecule has 1 aromatic heterocycles.